The molecule has 3 N–H and O–H groups in total. The van der Waals surface area contributed by atoms with Gasteiger partial charge >= 0.3 is 0 Å². The first-order valence-electron chi connectivity index (χ1n) is 9.88. The summed E-state index contributed by atoms with van der Waals surface area (Å²) in [5, 5.41) is 31.0. The summed E-state index contributed by atoms with van der Waals surface area (Å²) < 4.78 is 0. The summed E-state index contributed by atoms with van der Waals surface area (Å²) in [5.41, 5.74) is 7.58. The van der Waals surface area contributed by atoms with Crippen molar-refractivity contribution >= 4 is 79.9 Å². The highest BCUT2D eigenvalue weighted by Crippen LogP contribution is 2.38. The average molecular weight is 377 g/mol. The molecule has 0 aliphatic heterocycles. The van der Waals surface area contributed by atoms with Crippen LogP contribution in [0.4, 0.5) is 0 Å². The fourth-order valence-corrected chi connectivity index (χ4v) is 4.23. The van der Waals surface area contributed by atoms with Crippen LogP contribution in [0.5, 0.6) is 17.2 Å². The lowest BCUT2D eigenvalue weighted by molar-refractivity contribution is 0.483. The highest BCUT2D eigenvalue weighted by Gasteiger charge is 2.33. The minimum absolute atomic E-state index is 0.312. The van der Waals surface area contributed by atoms with Crippen LogP contribution >= 0.6 is 0 Å². The first-order valence-corrected chi connectivity index (χ1v) is 9.88. The lowest BCUT2D eigenvalue weighted by Crippen LogP contribution is -2.34. The Bertz CT molecular complexity index is 921. The fraction of sp³-hybridized carbons (Fsp3) is 0.100. The van der Waals surface area contributed by atoms with E-state index in [0.29, 0.717) is 17.2 Å². The van der Waals surface area contributed by atoms with Crippen molar-refractivity contribution in [2.45, 2.75) is 12.3 Å². The minimum atomic E-state index is -0.532. The lowest BCUT2D eigenvalue weighted by Gasteiger charge is -2.34. The number of phenols is 3. The van der Waals surface area contributed by atoms with E-state index < -0.39 is 5.41 Å². The van der Waals surface area contributed by atoms with Crippen LogP contribution in [-0.2, 0) is 5.41 Å². The highest BCUT2D eigenvalue weighted by molar-refractivity contribution is 6.42. The Hall–Kier alpha value is -2.55. The molecular formula is C20H24B6O3. The lowest BCUT2D eigenvalue weighted by atomic mass is 9.65. The van der Waals surface area contributed by atoms with E-state index in [2.05, 4.69) is 6.92 Å². The predicted octanol–water partition coefficient (Wildman–Crippen LogP) is -6.29. The summed E-state index contributed by atoms with van der Waals surface area (Å²) in [7, 11) is 11.5. The maximum atomic E-state index is 10.3. The molecule has 0 radical (unpaired) electrons. The Balaban J connectivity index is 2.42. The first kappa shape index (κ1) is 21.2. The van der Waals surface area contributed by atoms with E-state index in [0.717, 1.165) is 49.5 Å². The van der Waals surface area contributed by atoms with E-state index in [9.17, 15) is 15.3 Å². The smallest absolute Gasteiger partial charge is 0.144 e. The molecule has 0 heterocycles. The third-order valence-electron chi connectivity index (χ3n) is 6.21. The van der Waals surface area contributed by atoms with Gasteiger partial charge in [-0.25, -0.2) is 0 Å². The maximum absolute atomic E-state index is 10.3. The molecule has 9 heteroatoms. The van der Waals surface area contributed by atoms with Gasteiger partial charge in [-0.15, -0.1) is 0 Å². The summed E-state index contributed by atoms with van der Waals surface area (Å²) in [6.45, 7) is 2.16. The zero-order valence-corrected chi connectivity index (χ0v) is 18.3. The van der Waals surface area contributed by atoms with Gasteiger partial charge in [0.15, 0.2) is 0 Å². The molecule has 3 aromatic carbocycles. The molecule has 0 spiro atoms. The van der Waals surface area contributed by atoms with E-state index in [1.54, 1.807) is 0 Å². The molecule has 0 saturated carbocycles. The van der Waals surface area contributed by atoms with Gasteiger partial charge in [-0.2, -0.15) is 0 Å². The summed E-state index contributed by atoms with van der Waals surface area (Å²) in [4.78, 5) is 0. The molecule has 0 aliphatic carbocycles. The van der Waals surface area contributed by atoms with Crippen molar-refractivity contribution in [2.75, 3.05) is 0 Å². The molecule has 0 aromatic heterocycles. The molecule has 3 rings (SSSR count). The number of benzene rings is 3. The Labute approximate surface area is 178 Å². The Morgan fingerprint density at radius 1 is 0.483 bits per heavy atom. The monoisotopic (exact) mass is 378 g/mol. The zero-order valence-electron chi connectivity index (χ0n) is 18.3. The molecule has 0 saturated heterocycles. The van der Waals surface area contributed by atoms with Crippen LogP contribution in [0.1, 0.15) is 23.6 Å². The van der Waals surface area contributed by atoms with Gasteiger partial charge in [0, 0.05) is 5.41 Å². The number of phenolic OH excluding ortho intramolecular Hbond substituents is 3. The molecule has 29 heavy (non-hydrogen) atoms. The number of aromatic hydroxyl groups is 3. The topological polar surface area (TPSA) is 60.7 Å². The van der Waals surface area contributed by atoms with Crippen molar-refractivity contribution in [3.8, 4) is 17.2 Å². The number of hydrogen-bond donors (Lipinski definition) is 3. The van der Waals surface area contributed by atoms with Crippen molar-refractivity contribution < 1.29 is 15.3 Å². The van der Waals surface area contributed by atoms with Crippen LogP contribution in [0.25, 0.3) is 0 Å². The molecule has 3 nitrogen and oxygen atoms in total. The van der Waals surface area contributed by atoms with Gasteiger partial charge in [0.1, 0.15) is 64.3 Å². The van der Waals surface area contributed by atoms with E-state index in [1.165, 1.54) is 0 Å². The van der Waals surface area contributed by atoms with Gasteiger partial charge < -0.3 is 15.3 Å². The predicted molar refractivity (Wildman–Crippen MR) is 139 cm³/mol. The second-order valence-corrected chi connectivity index (χ2v) is 8.50. The summed E-state index contributed by atoms with van der Waals surface area (Å²) in [6, 6.07) is 12.2. The van der Waals surface area contributed by atoms with Crippen molar-refractivity contribution in [3.05, 3.63) is 53.1 Å². The van der Waals surface area contributed by atoms with E-state index in [1.807, 2.05) is 83.5 Å². The van der Waals surface area contributed by atoms with E-state index in [-0.39, 0.29) is 0 Å². The van der Waals surface area contributed by atoms with Gasteiger partial charge in [-0.3, -0.25) is 0 Å². The van der Waals surface area contributed by atoms with Crippen LogP contribution in [0.15, 0.2) is 36.4 Å². The highest BCUT2D eigenvalue weighted by atomic mass is 16.3. The normalized spacial score (nSPS) is 11.5. The van der Waals surface area contributed by atoms with Crippen molar-refractivity contribution in [3.63, 3.8) is 0 Å². The number of hydrogen-bond acceptors (Lipinski definition) is 3. The first-order chi connectivity index (χ1) is 13.5. The molecular weight excluding hydrogens is 353 g/mol. The summed E-state index contributed by atoms with van der Waals surface area (Å²) in [5.74, 6) is 0.937. The van der Waals surface area contributed by atoms with Gasteiger partial charge in [0.05, 0.1) is 0 Å². The van der Waals surface area contributed by atoms with Gasteiger partial charge in [0.2, 0.25) is 0 Å². The molecule has 0 fully saturated rings. The van der Waals surface area contributed by atoms with Crippen molar-refractivity contribution in [1.29, 1.82) is 0 Å². The van der Waals surface area contributed by atoms with Crippen molar-refractivity contribution in [2.24, 2.45) is 0 Å². The average Bonchev–Trinajstić information content (AvgIpc) is 2.66. The van der Waals surface area contributed by atoms with Gasteiger partial charge in [-0.05, 0) is 56.4 Å². The van der Waals surface area contributed by atoms with Crippen LogP contribution in [-0.4, -0.2) is 62.4 Å². The Morgan fingerprint density at radius 2 is 0.655 bits per heavy atom. The third kappa shape index (κ3) is 3.48. The van der Waals surface area contributed by atoms with Gasteiger partial charge in [0.25, 0.3) is 0 Å². The molecule has 0 amide bonds. The van der Waals surface area contributed by atoms with E-state index in [4.69, 9.17) is 0 Å². The molecule has 0 aliphatic rings. The molecule has 140 valence electrons. The van der Waals surface area contributed by atoms with Crippen LogP contribution < -0.4 is 32.8 Å². The van der Waals surface area contributed by atoms with Crippen LogP contribution in [0.3, 0.4) is 0 Å². The number of rotatable bonds is 3. The van der Waals surface area contributed by atoms with Crippen molar-refractivity contribution in [1.82, 2.24) is 0 Å². The minimum Gasteiger partial charge on any atom is -0.509 e. The maximum Gasteiger partial charge on any atom is 0.144 e. The second kappa shape index (κ2) is 7.36. The van der Waals surface area contributed by atoms with Crippen LogP contribution in [0, 0.1) is 0 Å². The molecule has 3 aromatic rings. The SMILES string of the molecule is Bc1cc(C(C)(c2cc(B)c(O)c(B)c2)c2cc(B)c(O)c(B)c2)cc(B)c1O. The van der Waals surface area contributed by atoms with E-state index >= 15 is 0 Å². The quantitative estimate of drug-likeness (QED) is 0.315. The fourth-order valence-electron chi connectivity index (χ4n) is 4.23. The summed E-state index contributed by atoms with van der Waals surface area (Å²) in [6.07, 6.45) is 0. The van der Waals surface area contributed by atoms with Gasteiger partial charge in [-0.1, -0.05) is 36.4 Å². The molecule has 0 unspecified atom stereocenters. The molecule has 0 bridgehead atoms. The second-order valence-electron chi connectivity index (χ2n) is 8.50. The standard InChI is InChI=1S/C20H24B6O3/c1-20(8-2-11(21)17(27)12(22)3-8,9-4-13(23)18(28)14(24)5-9)10-6-15(25)19(29)16(26)7-10/h2-7,27-29H,21-26H2,1H3. The Kier molecular flexibility index (Phi) is 5.38. The largest absolute Gasteiger partial charge is 0.509 e. The Morgan fingerprint density at radius 3 is 0.828 bits per heavy atom. The molecule has 0 atom stereocenters. The zero-order chi connectivity index (χ0) is 21.7. The van der Waals surface area contributed by atoms with Crippen LogP contribution in [0.2, 0.25) is 0 Å². The summed E-state index contributed by atoms with van der Waals surface area (Å²) >= 11 is 0. The third-order valence-corrected chi connectivity index (χ3v) is 6.21.